The molecule has 0 N–H and O–H groups in total. The molecule has 6 atom stereocenters. The van der Waals surface area contributed by atoms with Crippen molar-refractivity contribution in [3.05, 3.63) is 12.2 Å². The van der Waals surface area contributed by atoms with E-state index in [0.717, 1.165) is 0 Å². The summed E-state index contributed by atoms with van der Waals surface area (Å²) >= 11 is 0. The zero-order chi connectivity index (χ0) is 19.0. The zero-order valence-corrected chi connectivity index (χ0v) is 13.2. The lowest BCUT2D eigenvalue weighted by molar-refractivity contribution is -0.381. The van der Waals surface area contributed by atoms with Crippen molar-refractivity contribution >= 4 is 10.8 Å². The number of alkyl halides is 9. The van der Waals surface area contributed by atoms with E-state index in [1.165, 1.54) is 0 Å². The minimum absolute atomic E-state index is 0.115. The van der Waals surface area contributed by atoms with Crippen molar-refractivity contribution in [1.82, 2.24) is 0 Å². The molecule has 0 radical (unpaired) electrons. The molecule has 0 spiro atoms. The van der Waals surface area contributed by atoms with Crippen LogP contribution >= 0.6 is 0 Å². The van der Waals surface area contributed by atoms with Gasteiger partial charge in [-0.05, 0) is 42.9 Å². The van der Waals surface area contributed by atoms with Gasteiger partial charge in [0.2, 0.25) is 0 Å². The SMILES string of the molecule is O=S(C1CC2CC1C1C=CCC21)C(F)(F)C(F)(F)C(F)(F)C(F)(F)F. The summed E-state index contributed by atoms with van der Waals surface area (Å²) in [4.78, 5) is 0. The van der Waals surface area contributed by atoms with Crippen LogP contribution in [0, 0.1) is 23.7 Å². The Labute approximate surface area is 139 Å². The topological polar surface area (TPSA) is 17.1 Å². The summed E-state index contributed by atoms with van der Waals surface area (Å²) in [7, 11) is -3.86. The molecule has 0 aromatic heterocycles. The Morgan fingerprint density at radius 3 is 2.00 bits per heavy atom. The second kappa shape index (κ2) is 5.39. The molecule has 0 aliphatic heterocycles. The van der Waals surface area contributed by atoms with E-state index in [1.54, 1.807) is 12.2 Å². The highest BCUT2D eigenvalue weighted by Gasteiger charge is 2.84. The Balaban J connectivity index is 1.87. The van der Waals surface area contributed by atoms with Gasteiger partial charge in [0.25, 0.3) is 0 Å². The second-order valence-corrected chi connectivity index (χ2v) is 8.51. The summed E-state index contributed by atoms with van der Waals surface area (Å²) in [5.74, 6) is -14.8. The molecule has 11 heteroatoms. The Kier molecular flexibility index (Phi) is 4.10. The van der Waals surface area contributed by atoms with Crippen LogP contribution in [0.1, 0.15) is 19.3 Å². The smallest absolute Gasteiger partial charge is 0.253 e. The van der Waals surface area contributed by atoms with Crippen LogP contribution in [0.25, 0.3) is 0 Å². The van der Waals surface area contributed by atoms with E-state index in [9.17, 15) is 43.7 Å². The van der Waals surface area contributed by atoms with Gasteiger partial charge < -0.3 is 0 Å². The molecule has 144 valence electrons. The van der Waals surface area contributed by atoms with Crippen LogP contribution in [0.5, 0.6) is 0 Å². The third-order valence-corrected chi connectivity index (χ3v) is 7.45. The maximum atomic E-state index is 13.9. The summed E-state index contributed by atoms with van der Waals surface area (Å²) in [6, 6.07) is 0. The number of fused-ring (bicyclic) bond motifs is 5. The first-order valence-corrected chi connectivity index (χ1v) is 8.72. The van der Waals surface area contributed by atoms with Crippen molar-refractivity contribution in [2.75, 3.05) is 0 Å². The van der Waals surface area contributed by atoms with Crippen molar-refractivity contribution < 1.29 is 43.7 Å². The highest BCUT2D eigenvalue weighted by molar-refractivity contribution is 7.86. The number of allylic oxidation sites excluding steroid dienone is 2. The molecule has 2 fully saturated rings. The molecular weight excluding hydrogens is 387 g/mol. The van der Waals surface area contributed by atoms with E-state index in [4.69, 9.17) is 0 Å². The van der Waals surface area contributed by atoms with Crippen molar-refractivity contribution in [2.45, 2.75) is 47.8 Å². The van der Waals surface area contributed by atoms with E-state index in [1.807, 2.05) is 0 Å². The average molecular weight is 400 g/mol. The van der Waals surface area contributed by atoms with Crippen LogP contribution in [-0.4, -0.2) is 32.7 Å². The quantitative estimate of drug-likeness (QED) is 0.491. The molecule has 0 heterocycles. The molecule has 0 aromatic carbocycles. The molecule has 1 nitrogen and oxygen atoms in total. The first kappa shape index (κ1) is 19.0. The van der Waals surface area contributed by atoms with Gasteiger partial charge in [0.05, 0.1) is 0 Å². The molecule has 0 aromatic rings. The van der Waals surface area contributed by atoms with Gasteiger partial charge in [-0.25, -0.2) is 0 Å². The van der Waals surface area contributed by atoms with Crippen LogP contribution in [0.2, 0.25) is 0 Å². The van der Waals surface area contributed by atoms with Crippen molar-refractivity contribution in [3.8, 4) is 0 Å². The molecule has 3 aliphatic carbocycles. The fourth-order valence-electron chi connectivity index (χ4n) is 4.41. The van der Waals surface area contributed by atoms with Gasteiger partial charge in [0.15, 0.2) is 0 Å². The number of halogens is 9. The molecule has 2 bridgehead atoms. The first-order chi connectivity index (χ1) is 11.2. The first-order valence-electron chi connectivity index (χ1n) is 7.51. The maximum Gasteiger partial charge on any atom is 0.460 e. The summed E-state index contributed by atoms with van der Waals surface area (Å²) in [6.45, 7) is 0. The highest BCUT2D eigenvalue weighted by Crippen LogP contribution is 2.61. The Morgan fingerprint density at radius 1 is 0.840 bits per heavy atom. The fraction of sp³-hybridized carbons (Fsp3) is 0.857. The Bertz CT molecular complexity index is 612. The summed E-state index contributed by atoms with van der Waals surface area (Å²) < 4.78 is 129. The summed E-state index contributed by atoms with van der Waals surface area (Å²) in [5.41, 5.74) is 0. The fourth-order valence-corrected chi connectivity index (χ4v) is 6.20. The largest absolute Gasteiger partial charge is 0.460 e. The van der Waals surface area contributed by atoms with Crippen molar-refractivity contribution in [2.24, 2.45) is 23.7 Å². The van der Waals surface area contributed by atoms with Gasteiger partial charge >= 0.3 is 23.3 Å². The summed E-state index contributed by atoms with van der Waals surface area (Å²) in [6.07, 6.45) is -2.54. The van der Waals surface area contributed by atoms with E-state index < -0.39 is 45.2 Å². The third-order valence-electron chi connectivity index (χ3n) is 5.59. The van der Waals surface area contributed by atoms with Gasteiger partial charge in [0, 0.05) is 5.25 Å². The lowest BCUT2D eigenvalue weighted by atomic mass is 9.81. The van der Waals surface area contributed by atoms with Gasteiger partial charge in [-0.1, -0.05) is 12.2 Å². The normalized spacial score (nSPS) is 36.8. The standard InChI is InChI=1S/C14H13F9OS/c15-11(16,13(19,20)21)12(17,18)14(22,23)25(24)10-5-6-4-9(10)8-3-1-2-7(6)8/h1,3,6-10H,2,4-5H2. The maximum absolute atomic E-state index is 13.9. The van der Waals surface area contributed by atoms with Crippen LogP contribution in [-0.2, 0) is 10.8 Å². The Hall–Kier alpha value is -0.740. The van der Waals surface area contributed by atoms with Gasteiger partial charge in [-0.15, -0.1) is 0 Å². The molecule has 3 rings (SSSR count). The number of rotatable bonds is 4. The summed E-state index contributed by atoms with van der Waals surface area (Å²) in [5, 5.41) is -7.53. The predicted molar refractivity (Wildman–Crippen MR) is 69.8 cm³/mol. The molecular formula is C14H13F9OS. The van der Waals surface area contributed by atoms with Crippen molar-refractivity contribution in [3.63, 3.8) is 0 Å². The molecule has 0 amide bonds. The van der Waals surface area contributed by atoms with E-state index in [2.05, 4.69) is 0 Å². The highest BCUT2D eigenvalue weighted by atomic mass is 32.2. The number of hydrogen-bond donors (Lipinski definition) is 0. The van der Waals surface area contributed by atoms with E-state index in [-0.39, 0.29) is 24.2 Å². The second-order valence-electron chi connectivity index (χ2n) is 6.80. The minimum atomic E-state index is -6.99. The lowest BCUT2D eigenvalue weighted by Gasteiger charge is -2.37. The van der Waals surface area contributed by atoms with Gasteiger partial charge in [-0.2, -0.15) is 39.5 Å². The minimum Gasteiger partial charge on any atom is -0.253 e. The monoisotopic (exact) mass is 400 g/mol. The Morgan fingerprint density at radius 2 is 1.44 bits per heavy atom. The number of hydrogen-bond acceptors (Lipinski definition) is 1. The van der Waals surface area contributed by atoms with Crippen molar-refractivity contribution in [1.29, 1.82) is 0 Å². The lowest BCUT2D eigenvalue weighted by Crippen LogP contribution is -2.63. The molecule has 6 unspecified atom stereocenters. The van der Waals surface area contributed by atoms with Crippen LogP contribution in [0.15, 0.2) is 12.2 Å². The molecule has 25 heavy (non-hydrogen) atoms. The van der Waals surface area contributed by atoms with E-state index in [0.29, 0.717) is 12.8 Å². The van der Waals surface area contributed by atoms with Crippen LogP contribution in [0.4, 0.5) is 39.5 Å². The van der Waals surface area contributed by atoms with Gasteiger partial charge in [-0.3, -0.25) is 4.21 Å². The van der Waals surface area contributed by atoms with Gasteiger partial charge in [0.1, 0.15) is 10.8 Å². The average Bonchev–Trinajstić information content (AvgIpc) is 3.16. The molecule has 2 saturated carbocycles. The zero-order valence-electron chi connectivity index (χ0n) is 12.4. The van der Waals surface area contributed by atoms with Crippen LogP contribution in [0.3, 0.4) is 0 Å². The molecule has 3 aliphatic rings. The van der Waals surface area contributed by atoms with E-state index >= 15 is 0 Å². The third kappa shape index (κ3) is 2.39. The molecule has 0 saturated heterocycles. The van der Waals surface area contributed by atoms with Crippen LogP contribution < -0.4 is 0 Å². The predicted octanol–water partition coefficient (Wildman–Crippen LogP) is 4.76.